The molecule has 2 N–H and O–H groups in total. The summed E-state index contributed by atoms with van der Waals surface area (Å²) in [6, 6.07) is 0.0578. The van der Waals surface area contributed by atoms with Gasteiger partial charge < -0.3 is 10.2 Å². The van der Waals surface area contributed by atoms with Gasteiger partial charge in [0.1, 0.15) is 0 Å². The molecule has 1 aromatic rings. The lowest BCUT2D eigenvalue weighted by Gasteiger charge is -2.19. The molecule has 5 nitrogen and oxygen atoms in total. The minimum Gasteiger partial charge on any atom is -0.396 e. The number of aliphatic hydroxyl groups excluding tert-OH is 2. The lowest BCUT2D eigenvalue weighted by Crippen LogP contribution is -2.23. The summed E-state index contributed by atoms with van der Waals surface area (Å²) in [5.41, 5.74) is 0.791. The van der Waals surface area contributed by atoms with Gasteiger partial charge >= 0.3 is 0 Å². The smallest absolute Gasteiger partial charge is 0.0850 e. The van der Waals surface area contributed by atoms with Gasteiger partial charge in [0.15, 0.2) is 0 Å². The highest BCUT2D eigenvalue weighted by Crippen LogP contribution is 2.26. The van der Waals surface area contributed by atoms with Crippen LogP contribution in [0.15, 0.2) is 6.20 Å². The zero-order chi connectivity index (χ0) is 11.4. The quantitative estimate of drug-likeness (QED) is 0.742. The molecule has 2 rings (SSSR count). The second-order valence-electron chi connectivity index (χ2n) is 4.44. The fraction of sp³-hybridized carbons (Fsp3) is 0.818. The Morgan fingerprint density at radius 1 is 1.31 bits per heavy atom. The second kappa shape index (κ2) is 5.41. The second-order valence-corrected chi connectivity index (χ2v) is 4.44. The van der Waals surface area contributed by atoms with Crippen LogP contribution in [0.4, 0.5) is 0 Å². The van der Waals surface area contributed by atoms with E-state index in [9.17, 15) is 5.11 Å². The largest absolute Gasteiger partial charge is 0.396 e. The Morgan fingerprint density at radius 2 is 2.12 bits per heavy atom. The van der Waals surface area contributed by atoms with Crippen molar-refractivity contribution < 1.29 is 10.2 Å². The Labute approximate surface area is 95.1 Å². The number of hydrogen-bond donors (Lipinski definition) is 2. The van der Waals surface area contributed by atoms with Gasteiger partial charge in [-0.15, -0.1) is 5.10 Å². The van der Waals surface area contributed by atoms with Crippen LogP contribution in [0.2, 0.25) is 0 Å². The monoisotopic (exact) mass is 225 g/mol. The summed E-state index contributed by atoms with van der Waals surface area (Å²) in [7, 11) is 0. The predicted octanol–water partition coefficient (Wildman–Crippen LogP) is 0.679. The summed E-state index contributed by atoms with van der Waals surface area (Å²) in [5.74, 6) is 0. The Bertz CT molecular complexity index is 327. The van der Waals surface area contributed by atoms with Gasteiger partial charge in [0.05, 0.1) is 17.8 Å². The van der Waals surface area contributed by atoms with Crippen molar-refractivity contribution in [3.05, 3.63) is 11.9 Å². The van der Waals surface area contributed by atoms with E-state index < -0.39 is 0 Å². The van der Waals surface area contributed by atoms with E-state index in [2.05, 4.69) is 10.3 Å². The molecule has 1 heterocycles. The molecule has 2 unspecified atom stereocenters. The van der Waals surface area contributed by atoms with Crippen LogP contribution in [0.1, 0.15) is 43.8 Å². The Balaban J connectivity index is 2.08. The molecule has 0 aliphatic heterocycles. The normalized spacial score (nSPS) is 26.6. The highest BCUT2D eigenvalue weighted by atomic mass is 16.3. The first-order valence-electron chi connectivity index (χ1n) is 6.01. The summed E-state index contributed by atoms with van der Waals surface area (Å²) >= 11 is 0. The maximum atomic E-state index is 10.0. The third-order valence-corrected chi connectivity index (χ3v) is 3.21. The maximum Gasteiger partial charge on any atom is 0.0850 e. The minimum atomic E-state index is -0.314. The maximum absolute atomic E-state index is 10.0. The number of rotatable bonds is 3. The van der Waals surface area contributed by atoms with E-state index >= 15 is 0 Å². The zero-order valence-electron chi connectivity index (χ0n) is 9.42. The predicted molar refractivity (Wildman–Crippen MR) is 58.9 cm³/mol. The van der Waals surface area contributed by atoms with Crippen LogP contribution < -0.4 is 0 Å². The van der Waals surface area contributed by atoms with Crippen molar-refractivity contribution in [3.63, 3.8) is 0 Å². The summed E-state index contributed by atoms with van der Waals surface area (Å²) in [4.78, 5) is 0. The molecule has 1 aliphatic rings. The first kappa shape index (κ1) is 11.5. The molecule has 2 atom stereocenters. The van der Waals surface area contributed by atoms with Crippen LogP contribution in [-0.2, 0) is 6.42 Å². The van der Waals surface area contributed by atoms with E-state index in [0.717, 1.165) is 31.4 Å². The van der Waals surface area contributed by atoms with Crippen molar-refractivity contribution in [2.24, 2.45) is 0 Å². The molecule has 0 amide bonds. The van der Waals surface area contributed by atoms with Gasteiger partial charge in [0.25, 0.3) is 0 Å². The summed E-state index contributed by atoms with van der Waals surface area (Å²) in [6.45, 7) is 0.0892. The van der Waals surface area contributed by atoms with Crippen molar-refractivity contribution >= 4 is 0 Å². The molecule has 1 fully saturated rings. The lowest BCUT2D eigenvalue weighted by molar-refractivity contribution is 0.0980. The van der Waals surface area contributed by atoms with Crippen molar-refractivity contribution in [3.8, 4) is 0 Å². The van der Waals surface area contributed by atoms with E-state index in [0.29, 0.717) is 6.42 Å². The zero-order valence-corrected chi connectivity index (χ0v) is 9.42. The van der Waals surface area contributed by atoms with Gasteiger partial charge in [-0.2, -0.15) is 0 Å². The van der Waals surface area contributed by atoms with E-state index in [4.69, 9.17) is 5.11 Å². The molecule has 1 saturated carbocycles. The first-order valence-corrected chi connectivity index (χ1v) is 6.01. The van der Waals surface area contributed by atoms with Gasteiger partial charge in [-0.3, -0.25) is 0 Å². The van der Waals surface area contributed by atoms with E-state index in [1.54, 1.807) is 4.68 Å². The van der Waals surface area contributed by atoms with Crippen LogP contribution >= 0.6 is 0 Å². The highest BCUT2D eigenvalue weighted by Gasteiger charge is 2.24. The summed E-state index contributed by atoms with van der Waals surface area (Å²) < 4.78 is 1.76. The third kappa shape index (κ3) is 2.59. The third-order valence-electron chi connectivity index (χ3n) is 3.21. The van der Waals surface area contributed by atoms with Crippen molar-refractivity contribution in [1.29, 1.82) is 0 Å². The molecule has 0 saturated heterocycles. The Kier molecular flexibility index (Phi) is 3.90. The number of aromatic nitrogens is 3. The molecule has 0 radical (unpaired) electrons. The topological polar surface area (TPSA) is 71.2 Å². The molecular formula is C11H19N3O2. The fourth-order valence-electron chi connectivity index (χ4n) is 2.28. The van der Waals surface area contributed by atoms with Gasteiger partial charge in [0.2, 0.25) is 0 Å². The number of hydrogen-bond acceptors (Lipinski definition) is 4. The van der Waals surface area contributed by atoms with Crippen LogP contribution in [0.5, 0.6) is 0 Å². The van der Waals surface area contributed by atoms with E-state index in [1.807, 2.05) is 6.20 Å². The number of aliphatic hydroxyl groups is 2. The molecular weight excluding hydrogens is 206 g/mol. The summed E-state index contributed by atoms with van der Waals surface area (Å²) in [5, 5.41) is 26.8. The standard InChI is InChI=1S/C11H19N3O2/c15-7-6-9-8-14(13-12-9)10-4-2-1-3-5-11(10)16/h8,10-11,15-16H,1-7H2. The lowest BCUT2D eigenvalue weighted by atomic mass is 10.1. The Hall–Kier alpha value is -0.940. The van der Waals surface area contributed by atoms with E-state index in [-0.39, 0.29) is 18.8 Å². The van der Waals surface area contributed by atoms with Gasteiger partial charge in [-0.05, 0) is 12.8 Å². The van der Waals surface area contributed by atoms with Crippen LogP contribution in [0, 0.1) is 0 Å². The molecule has 90 valence electrons. The first-order chi connectivity index (χ1) is 7.81. The molecule has 1 aliphatic carbocycles. The van der Waals surface area contributed by atoms with Gasteiger partial charge in [-0.25, -0.2) is 4.68 Å². The molecule has 5 heteroatoms. The van der Waals surface area contributed by atoms with E-state index in [1.165, 1.54) is 6.42 Å². The average molecular weight is 225 g/mol. The van der Waals surface area contributed by atoms with Crippen LogP contribution in [-0.4, -0.2) is 37.9 Å². The SMILES string of the molecule is OCCc1cn(C2CCCCCC2O)nn1. The average Bonchev–Trinajstić information content (AvgIpc) is 2.61. The summed E-state index contributed by atoms with van der Waals surface area (Å²) in [6.07, 6.45) is 7.28. The minimum absolute atomic E-state index is 0.0578. The van der Waals surface area contributed by atoms with Crippen molar-refractivity contribution in [1.82, 2.24) is 15.0 Å². The van der Waals surface area contributed by atoms with Crippen LogP contribution in [0.25, 0.3) is 0 Å². The van der Waals surface area contributed by atoms with Crippen molar-refractivity contribution in [2.75, 3.05) is 6.61 Å². The van der Waals surface area contributed by atoms with Crippen LogP contribution in [0.3, 0.4) is 0 Å². The molecule has 0 aromatic carbocycles. The fourth-order valence-corrected chi connectivity index (χ4v) is 2.28. The van der Waals surface area contributed by atoms with Gasteiger partial charge in [-0.1, -0.05) is 24.5 Å². The highest BCUT2D eigenvalue weighted by molar-refractivity contribution is 4.94. The van der Waals surface area contributed by atoms with Crippen molar-refractivity contribution in [2.45, 2.75) is 50.7 Å². The molecule has 1 aromatic heterocycles. The van der Waals surface area contributed by atoms with Gasteiger partial charge in [0, 0.05) is 19.2 Å². The molecule has 0 bridgehead atoms. The number of nitrogens with zero attached hydrogens (tertiary/aromatic N) is 3. The molecule has 16 heavy (non-hydrogen) atoms. The molecule has 0 spiro atoms. The Morgan fingerprint density at radius 3 is 2.94 bits per heavy atom.